The Balaban J connectivity index is 1.62. The first kappa shape index (κ1) is 23.0. The fourth-order valence-electron chi connectivity index (χ4n) is 3.94. The summed E-state index contributed by atoms with van der Waals surface area (Å²) < 4.78 is 26.9. The van der Waals surface area contributed by atoms with E-state index in [1.807, 2.05) is 6.92 Å². The van der Waals surface area contributed by atoms with Crippen molar-refractivity contribution in [2.75, 3.05) is 13.1 Å². The van der Waals surface area contributed by atoms with E-state index in [9.17, 15) is 23.2 Å². The summed E-state index contributed by atoms with van der Waals surface area (Å²) in [5, 5.41) is 10.1. The highest BCUT2D eigenvalue weighted by Gasteiger charge is 2.40. The van der Waals surface area contributed by atoms with Crippen LogP contribution in [0.5, 0.6) is 0 Å². The first-order valence-electron chi connectivity index (χ1n) is 10.1. The minimum atomic E-state index is -1.16. The van der Waals surface area contributed by atoms with Crippen LogP contribution in [0.4, 0.5) is 8.78 Å². The number of carbonyl (C=O) groups excluding carboxylic acids is 3. The quantitative estimate of drug-likeness (QED) is 0.530. The molecule has 2 aliphatic rings. The molecule has 0 radical (unpaired) electrons. The van der Waals surface area contributed by atoms with Crippen molar-refractivity contribution in [1.29, 1.82) is 0 Å². The molecule has 166 valence electrons. The molecule has 3 atom stereocenters. The fourth-order valence-corrected chi connectivity index (χ4v) is 4.17. The van der Waals surface area contributed by atoms with E-state index in [4.69, 9.17) is 11.6 Å². The van der Waals surface area contributed by atoms with Crippen LogP contribution < -0.4 is 5.32 Å². The summed E-state index contributed by atoms with van der Waals surface area (Å²) in [6.45, 7) is 4.26. The fraction of sp³-hybridized carbons (Fsp3) is 0.476. The predicted octanol–water partition coefficient (Wildman–Crippen LogP) is 3.21. The zero-order valence-corrected chi connectivity index (χ0v) is 18.0. The minimum Gasteiger partial charge on any atom is -0.339 e. The molecule has 0 bridgehead atoms. The Morgan fingerprint density at radius 2 is 2.06 bits per heavy atom. The van der Waals surface area contributed by atoms with Crippen molar-refractivity contribution < 1.29 is 23.2 Å². The van der Waals surface area contributed by atoms with Crippen LogP contribution >= 0.6 is 11.6 Å². The SMILES string of the molecule is CCC(NC(=O)C(=O)N1CC[C@H](C(=O)Cc2cc(F)c(F)c(Cl)c2)[C@@H]1C)C1=CCN=N1. The number of Topliss-reactive ketones (excluding diaryl/α,β-unsaturated/α-hetero) is 1. The number of hydrogen-bond donors (Lipinski definition) is 1. The van der Waals surface area contributed by atoms with E-state index >= 15 is 0 Å². The van der Waals surface area contributed by atoms with Crippen molar-refractivity contribution >= 4 is 29.2 Å². The molecule has 0 spiro atoms. The molecule has 1 saturated heterocycles. The lowest BCUT2D eigenvalue weighted by Gasteiger charge is -2.25. The topological polar surface area (TPSA) is 91.2 Å². The summed E-state index contributed by atoms with van der Waals surface area (Å²) in [6.07, 6.45) is 2.58. The number of benzene rings is 1. The lowest BCUT2D eigenvalue weighted by Crippen LogP contribution is -2.48. The van der Waals surface area contributed by atoms with Crippen LogP contribution in [-0.4, -0.2) is 47.7 Å². The maximum absolute atomic E-state index is 13.6. The molecule has 0 saturated carbocycles. The molecule has 1 unspecified atom stereocenters. The average molecular weight is 453 g/mol. The third kappa shape index (κ3) is 4.98. The van der Waals surface area contributed by atoms with Gasteiger partial charge in [-0.1, -0.05) is 18.5 Å². The smallest absolute Gasteiger partial charge is 0.312 e. The van der Waals surface area contributed by atoms with Gasteiger partial charge in [-0.3, -0.25) is 14.4 Å². The molecule has 0 aromatic heterocycles. The molecule has 1 fully saturated rings. The highest BCUT2D eigenvalue weighted by molar-refractivity contribution is 6.35. The Morgan fingerprint density at radius 1 is 1.32 bits per heavy atom. The van der Waals surface area contributed by atoms with Crippen molar-refractivity contribution in [3.8, 4) is 0 Å². The summed E-state index contributed by atoms with van der Waals surface area (Å²) in [4.78, 5) is 39.3. The number of hydrogen-bond acceptors (Lipinski definition) is 5. The normalized spacial score (nSPS) is 21.2. The van der Waals surface area contributed by atoms with Gasteiger partial charge in [-0.15, -0.1) is 0 Å². The highest BCUT2D eigenvalue weighted by Crippen LogP contribution is 2.28. The molecule has 0 aliphatic carbocycles. The van der Waals surface area contributed by atoms with Crippen molar-refractivity contribution in [2.45, 2.75) is 45.2 Å². The summed E-state index contributed by atoms with van der Waals surface area (Å²) in [6, 6.07) is 1.25. The first-order chi connectivity index (χ1) is 14.7. The number of azo groups is 1. The molecule has 1 aromatic carbocycles. The number of nitrogens with one attached hydrogen (secondary N) is 1. The van der Waals surface area contributed by atoms with Crippen LogP contribution in [-0.2, 0) is 20.8 Å². The number of ketones is 1. The Kier molecular flexibility index (Phi) is 7.15. The number of nitrogens with zero attached hydrogens (tertiary/aromatic N) is 3. The zero-order valence-electron chi connectivity index (χ0n) is 17.2. The van der Waals surface area contributed by atoms with Crippen LogP contribution in [0.3, 0.4) is 0 Å². The highest BCUT2D eigenvalue weighted by atomic mass is 35.5. The molecule has 31 heavy (non-hydrogen) atoms. The van der Waals surface area contributed by atoms with E-state index in [-0.39, 0.29) is 24.3 Å². The van der Waals surface area contributed by atoms with E-state index in [1.54, 1.807) is 13.0 Å². The van der Waals surface area contributed by atoms with Crippen LogP contribution in [0.1, 0.15) is 32.3 Å². The standard InChI is InChI=1S/C21H23ClF2N4O3/c1-3-16(17-4-6-25-27-17)26-20(30)21(31)28-7-5-13(11(28)2)18(29)10-12-8-14(22)19(24)15(23)9-12/h4,8-9,11,13,16H,3,5-7,10H2,1-2H3,(H,26,30)/t11-,13-,16?/m0/s1. The first-order valence-corrected chi connectivity index (χ1v) is 10.5. The third-order valence-corrected chi connectivity index (χ3v) is 5.96. The van der Waals surface area contributed by atoms with Crippen LogP contribution in [0, 0.1) is 17.6 Å². The van der Waals surface area contributed by atoms with Crippen LogP contribution in [0.2, 0.25) is 5.02 Å². The second-order valence-corrected chi connectivity index (χ2v) is 8.05. The maximum atomic E-state index is 13.6. The Labute approximate surface area is 183 Å². The molecule has 2 aliphatic heterocycles. The van der Waals surface area contributed by atoms with E-state index in [0.717, 1.165) is 6.07 Å². The van der Waals surface area contributed by atoms with E-state index in [1.165, 1.54) is 11.0 Å². The average Bonchev–Trinajstić information content (AvgIpc) is 3.39. The van der Waals surface area contributed by atoms with Gasteiger partial charge >= 0.3 is 11.8 Å². The number of rotatable bonds is 6. The van der Waals surface area contributed by atoms with Crippen LogP contribution in [0.15, 0.2) is 34.1 Å². The maximum Gasteiger partial charge on any atom is 0.312 e. The van der Waals surface area contributed by atoms with Gasteiger partial charge in [-0.2, -0.15) is 10.2 Å². The number of amides is 2. The van der Waals surface area contributed by atoms with E-state index < -0.39 is 46.5 Å². The summed E-state index contributed by atoms with van der Waals surface area (Å²) in [5.74, 6) is -4.50. The minimum absolute atomic E-state index is 0.142. The Bertz CT molecular complexity index is 943. The van der Waals surface area contributed by atoms with Gasteiger partial charge in [0.15, 0.2) is 11.6 Å². The van der Waals surface area contributed by atoms with Gasteiger partial charge in [0.25, 0.3) is 0 Å². The van der Waals surface area contributed by atoms with Crippen molar-refractivity contribution in [1.82, 2.24) is 10.2 Å². The Morgan fingerprint density at radius 3 is 2.68 bits per heavy atom. The predicted molar refractivity (Wildman–Crippen MR) is 109 cm³/mol. The van der Waals surface area contributed by atoms with Gasteiger partial charge in [-0.05, 0) is 43.5 Å². The molecular weight excluding hydrogens is 430 g/mol. The lowest BCUT2D eigenvalue weighted by atomic mass is 9.92. The van der Waals surface area contributed by atoms with Gasteiger partial charge in [-0.25, -0.2) is 8.78 Å². The third-order valence-electron chi connectivity index (χ3n) is 5.68. The van der Waals surface area contributed by atoms with Gasteiger partial charge in [0.05, 0.1) is 23.3 Å². The van der Waals surface area contributed by atoms with Gasteiger partial charge < -0.3 is 10.2 Å². The summed E-state index contributed by atoms with van der Waals surface area (Å²) in [7, 11) is 0. The van der Waals surface area contributed by atoms with Gasteiger partial charge in [0.1, 0.15) is 5.78 Å². The monoisotopic (exact) mass is 452 g/mol. The second kappa shape index (κ2) is 9.64. The molecule has 10 heteroatoms. The summed E-state index contributed by atoms with van der Waals surface area (Å²) in [5.41, 5.74) is 0.879. The van der Waals surface area contributed by atoms with Crippen molar-refractivity contribution in [2.24, 2.45) is 16.1 Å². The van der Waals surface area contributed by atoms with Crippen LogP contribution in [0.25, 0.3) is 0 Å². The molecule has 2 heterocycles. The second-order valence-electron chi connectivity index (χ2n) is 7.64. The number of likely N-dealkylation sites (tertiary alicyclic amines) is 1. The molecule has 1 aromatic rings. The van der Waals surface area contributed by atoms with Crippen molar-refractivity contribution in [3.63, 3.8) is 0 Å². The van der Waals surface area contributed by atoms with Gasteiger partial charge in [0, 0.05) is 24.9 Å². The molecule has 1 N–H and O–H groups in total. The van der Waals surface area contributed by atoms with Gasteiger partial charge in [0.2, 0.25) is 0 Å². The Hall–Kier alpha value is -2.68. The number of halogens is 3. The largest absolute Gasteiger partial charge is 0.339 e. The lowest BCUT2D eigenvalue weighted by molar-refractivity contribution is -0.147. The molecule has 3 rings (SSSR count). The molecular formula is C21H23ClF2N4O3. The molecule has 7 nitrogen and oxygen atoms in total. The summed E-state index contributed by atoms with van der Waals surface area (Å²) >= 11 is 5.65. The molecule has 2 amide bonds. The van der Waals surface area contributed by atoms with E-state index in [2.05, 4.69) is 15.5 Å². The van der Waals surface area contributed by atoms with Crippen molar-refractivity contribution in [3.05, 3.63) is 46.1 Å². The number of carbonyl (C=O) groups is 3. The van der Waals surface area contributed by atoms with E-state index in [0.29, 0.717) is 25.1 Å². The zero-order chi connectivity index (χ0) is 22.7.